The molecule has 40 atom stereocenters. The van der Waals surface area contributed by atoms with Gasteiger partial charge in [-0.15, -0.1) is 0 Å². The molecule has 23 N–H and O–H groups in total. The molecular weight excluding hydrogens is 1390 g/mol. The maximum absolute atomic E-state index is 14.0. The third-order valence-corrected chi connectivity index (χ3v) is 20.5. The number of hydrogen-bond acceptors (Lipinski definition) is 42. The Kier molecular flexibility index (Phi) is 26.7. The van der Waals surface area contributed by atoms with Crippen molar-refractivity contribution in [2.24, 2.45) is 0 Å². The smallest absolute Gasteiger partial charge is 0.297 e. The molecule has 42 nitrogen and oxygen atoms in total. The lowest BCUT2D eigenvalue weighted by molar-refractivity contribution is -0.404. The van der Waals surface area contributed by atoms with Crippen molar-refractivity contribution in [3.8, 4) is 0 Å². The van der Waals surface area contributed by atoms with Gasteiger partial charge in [0, 0.05) is 0 Å². The van der Waals surface area contributed by atoms with Crippen molar-refractivity contribution >= 4 is 10.1 Å². The van der Waals surface area contributed by atoms with E-state index in [2.05, 4.69) is 0 Å². The van der Waals surface area contributed by atoms with Crippen LogP contribution in [-0.2, 0) is 90.1 Å². The Bertz CT molecular complexity index is 2850. The van der Waals surface area contributed by atoms with E-state index < -0.39 is 309 Å². The van der Waals surface area contributed by atoms with Gasteiger partial charge in [-0.3, -0.25) is 4.18 Å². The van der Waals surface area contributed by atoms with Crippen LogP contribution in [0.4, 0.5) is 0 Å². The van der Waals surface area contributed by atoms with Crippen LogP contribution in [0.2, 0.25) is 0 Å². The molecule has 16 bridgehead atoms. The molecule has 100 heavy (non-hydrogen) atoms. The first-order valence-corrected chi connectivity index (χ1v) is 33.4. The summed E-state index contributed by atoms with van der Waals surface area (Å²) < 4.78 is 126. The summed E-state index contributed by atoms with van der Waals surface area (Å²) in [6.45, 7) is -4.38. The van der Waals surface area contributed by atoms with Crippen LogP contribution in [0.5, 0.6) is 0 Å². The summed E-state index contributed by atoms with van der Waals surface area (Å²) in [4.78, 5) is -0.306. The summed E-state index contributed by atoms with van der Waals surface area (Å²) in [7, 11) is -4.82. The fraction of sp³-hybridized carbons (Fsp3) is 0.895. The Balaban J connectivity index is 0.944. The van der Waals surface area contributed by atoms with E-state index >= 15 is 0 Å². The number of benzene rings is 1. The van der Waals surface area contributed by atoms with Crippen LogP contribution in [0.25, 0.3) is 0 Å². The molecule has 0 aliphatic carbocycles. The van der Waals surface area contributed by atoms with Gasteiger partial charge in [-0.05, 0) is 31.9 Å². The van der Waals surface area contributed by atoms with Crippen LogP contribution in [-0.4, -0.2) is 424 Å². The van der Waals surface area contributed by atoms with E-state index in [0.717, 1.165) is 0 Å². The van der Waals surface area contributed by atoms with Gasteiger partial charge in [-0.2, -0.15) is 8.42 Å². The molecule has 0 aromatic heterocycles. The summed E-state index contributed by atoms with van der Waals surface area (Å²) in [5.41, 5.74) is 1.12. The molecule has 0 saturated carbocycles. The van der Waals surface area contributed by atoms with Gasteiger partial charge in [0.2, 0.25) is 0 Å². The van der Waals surface area contributed by atoms with Crippen LogP contribution in [0, 0.1) is 20.8 Å². The molecule has 30 aliphatic heterocycles. The third kappa shape index (κ3) is 15.9. The molecule has 40 unspecified atom stereocenters. The maximum Gasteiger partial charge on any atom is 0.297 e. The lowest BCUT2D eigenvalue weighted by Gasteiger charge is -2.50. The molecule has 576 valence electrons. The Morgan fingerprint density at radius 3 is 0.600 bits per heavy atom. The average molecular weight is 1480 g/mol. The van der Waals surface area contributed by atoms with Gasteiger partial charge in [-0.1, -0.05) is 17.7 Å². The van der Waals surface area contributed by atoms with E-state index in [1.54, 1.807) is 6.92 Å². The molecule has 0 spiro atoms. The Hall–Kier alpha value is -2.43. The Morgan fingerprint density at radius 2 is 0.430 bits per heavy atom. The van der Waals surface area contributed by atoms with E-state index in [-0.39, 0.29) is 16.0 Å². The minimum Gasteiger partial charge on any atom is -0.394 e. The van der Waals surface area contributed by atoms with Crippen molar-refractivity contribution in [2.45, 2.75) is 271 Å². The topological polar surface area (TPSA) is 656 Å². The van der Waals surface area contributed by atoms with Gasteiger partial charge in [0.1, 0.15) is 195 Å². The van der Waals surface area contributed by atoms with Crippen LogP contribution in [0.1, 0.15) is 16.7 Å². The molecule has 0 radical (unpaired) electrons. The Morgan fingerprint density at radius 1 is 0.270 bits per heavy atom. The molecule has 0 amide bonds. The molecular formula is C57H90O42S. The highest BCUT2D eigenvalue weighted by Crippen LogP contribution is 2.40. The summed E-state index contributed by atoms with van der Waals surface area (Å²) in [5, 5.41) is 259. The molecule has 30 aliphatic rings. The van der Waals surface area contributed by atoms with Gasteiger partial charge in [0.25, 0.3) is 10.1 Å². The first-order valence-electron chi connectivity index (χ1n) is 32.0. The van der Waals surface area contributed by atoms with Crippen LogP contribution in [0.3, 0.4) is 0 Å². The van der Waals surface area contributed by atoms with Crippen molar-refractivity contribution in [2.75, 3.05) is 52.9 Å². The number of rotatable bonds is 11. The highest BCUT2D eigenvalue weighted by molar-refractivity contribution is 7.86. The summed E-state index contributed by atoms with van der Waals surface area (Å²) >= 11 is 0. The first kappa shape index (κ1) is 80.1. The summed E-state index contributed by atoms with van der Waals surface area (Å²) in [6.07, 6.45) is -84.9. The highest BCUT2D eigenvalue weighted by Gasteiger charge is 2.61. The van der Waals surface area contributed by atoms with Gasteiger partial charge in [0.15, 0.2) is 50.3 Å². The monoisotopic (exact) mass is 1480 g/mol. The number of aryl methyl sites for hydroxylation is 3. The second kappa shape index (κ2) is 33.4. The predicted molar refractivity (Wildman–Crippen MR) is 308 cm³/mol. The normalized spacial score (nSPS) is 50.3. The minimum atomic E-state index is -4.82. The molecule has 30 fully saturated rings. The zero-order chi connectivity index (χ0) is 73.0. The number of aliphatic hydroxyl groups excluding tert-OH is 23. The van der Waals surface area contributed by atoms with Gasteiger partial charge in [-0.25, -0.2) is 0 Å². The second-order valence-electron chi connectivity index (χ2n) is 25.7. The van der Waals surface area contributed by atoms with E-state index in [1.165, 1.54) is 26.0 Å². The van der Waals surface area contributed by atoms with Gasteiger partial charge >= 0.3 is 0 Å². The standard InChI is InChI=1S/C57H90O42S/c1-14-4-15(2)49(16(3)5-14)100(81,82)83-13-24-48-32(72)40(80)57(91-24)98-47-23(12-64)89-55(38(78)30(47)70)96-45-21(10-62)87-53(36(76)28(45)68)94-43-19(8-60)85-51(34(74)26(43)66)92-41-17(6-58)84-50(33(73)25(41)65)93-42-18(7-59)86-52(35(75)27(42)67)95-44-20(9-61)88-54(37(77)29(44)69)97-46-22(11-63)90-56(99-48)39(79)31(46)71/h4-5,17-48,50-80H,6-13H2,1-3H3. The van der Waals surface area contributed by atoms with E-state index in [4.69, 9.17) is 80.0 Å². The van der Waals surface area contributed by atoms with Crippen LogP contribution < -0.4 is 0 Å². The number of hydrogen-bond donors (Lipinski definition) is 23. The fourth-order valence-electron chi connectivity index (χ4n) is 13.7. The van der Waals surface area contributed by atoms with Crippen molar-refractivity contribution in [1.82, 2.24) is 0 Å². The highest BCUT2D eigenvalue weighted by atomic mass is 32.2. The quantitative estimate of drug-likeness (QED) is 0.0915. The maximum atomic E-state index is 14.0. The van der Waals surface area contributed by atoms with Gasteiger partial charge < -0.3 is 193 Å². The molecule has 43 heteroatoms. The predicted octanol–water partition coefficient (Wildman–Crippen LogP) is -15.1. The summed E-state index contributed by atoms with van der Waals surface area (Å²) in [6, 6.07) is 3.06. The minimum absolute atomic E-state index is 0.223. The third-order valence-electron chi connectivity index (χ3n) is 19.0. The molecule has 1 aromatic carbocycles. The first-order chi connectivity index (χ1) is 47.4. The SMILES string of the molecule is Cc1cc(C)c(S(=O)(=O)OCC2OC3OC4C(CO)OC(OC5C(CO)OC(OC6C(CO)OC(OC7C(CO)OC(OC8C(CO)OC(OC9C(CO)OC(OC%10C(CO)OC(OC2C(O)C3O)C(O)C%10O)C(O)C9O)C(O)C8O)C(O)C7O)C(O)C6O)C(O)C5O)C(O)C4O)c(C)c1. The van der Waals surface area contributed by atoms with E-state index in [0.29, 0.717) is 5.56 Å². The van der Waals surface area contributed by atoms with E-state index in [1.807, 2.05) is 0 Å². The zero-order valence-corrected chi connectivity index (χ0v) is 54.2. The van der Waals surface area contributed by atoms with Crippen LogP contribution in [0.15, 0.2) is 17.0 Å². The van der Waals surface area contributed by atoms with Crippen LogP contribution >= 0.6 is 0 Å². The Labute approximate surface area is 567 Å². The average Bonchev–Trinajstić information content (AvgIpc) is 0.778. The second-order valence-corrected chi connectivity index (χ2v) is 27.3. The van der Waals surface area contributed by atoms with Crippen molar-refractivity contribution < 1.29 is 206 Å². The van der Waals surface area contributed by atoms with Crippen molar-refractivity contribution in [3.05, 3.63) is 28.8 Å². The molecule has 1 aromatic rings. The lowest BCUT2D eigenvalue weighted by Crippen LogP contribution is -2.69. The largest absolute Gasteiger partial charge is 0.394 e. The number of aliphatic hydroxyl groups is 23. The number of ether oxygens (including phenoxy) is 16. The molecule has 31 rings (SSSR count). The summed E-state index contributed by atoms with van der Waals surface area (Å²) in [5.74, 6) is 0. The van der Waals surface area contributed by atoms with E-state index in [9.17, 15) is 126 Å². The van der Waals surface area contributed by atoms with Crippen molar-refractivity contribution in [1.29, 1.82) is 0 Å². The van der Waals surface area contributed by atoms with Gasteiger partial charge in [0.05, 0.1) is 57.8 Å². The van der Waals surface area contributed by atoms with Crippen molar-refractivity contribution in [3.63, 3.8) is 0 Å². The zero-order valence-electron chi connectivity index (χ0n) is 53.4. The molecule has 30 heterocycles. The lowest BCUT2D eigenvalue weighted by atomic mass is 9.94. The fourth-order valence-corrected chi connectivity index (χ4v) is 15.0. The molecule has 30 saturated heterocycles.